The summed E-state index contributed by atoms with van der Waals surface area (Å²) in [5.41, 5.74) is 7.49. The van der Waals surface area contributed by atoms with Crippen molar-refractivity contribution in [2.24, 2.45) is 0 Å². The van der Waals surface area contributed by atoms with Gasteiger partial charge in [-0.25, -0.2) is 9.78 Å². The molecule has 0 radical (unpaired) electrons. The molecular weight excluding hydrogens is 180 g/mol. The largest absolute Gasteiger partial charge is 0.478 e. The second-order valence-corrected chi connectivity index (χ2v) is 3.68. The molecule has 0 saturated heterocycles. The van der Waals surface area contributed by atoms with Crippen LogP contribution in [-0.4, -0.2) is 16.1 Å². The highest BCUT2D eigenvalue weighted by atomic mass is 16.4. The average molecular weight is 192 g/mol. The van der Waals surface area contributed by atoms with Crippen LogP contribution in [0.15, 0.2) is 6.20 Å². The van der Waals surface area contributed by atoms with Gasteiger partial charge in [-0.15, -0.1) is 0 Å². The molecule has 0 amide bonds. The summed E-state index contributed by atoms with van der Waals surface area (Å²) in [5, 5.41) is 8.95. The van der Waals surface area contributed by atoms with Gasteiger partial charge in [0.25, 0.3) is 0 Å². The van der Waals surface area contributed by atoms with Crippen LogP contribution in [0.3, 0.4) is 0 Å². The van der Waals surface area contributed by atoms with Crippen LogP contribution in [0.5, 0.6) is 0 Å². The molecule has 1 saturated carbocycles. The highest BCUT2D eigenvalue weighted by molar-refractivity contribution is 5.94. The zero-order chi connectivity index (χ0) is 10.3. The van der Waals surface area contributed by atoms with Crippen molar-refractivity contribution in [3.63, 3.8) is 0 Å². The maximum Gasteiger partial charge on any atom is 0.339 e. The van der Waals surface area contributed by atoms with E-state index in [9.17, 15) is 4.79 Å². The number of nitrogens with zero attached hydrogens (tertiary/aromatic N) is 1. The summed E-state index contributed by atoms with van der Waals surface area (Å²) in [6.45, 7) is 1.80. The van der Waals surface area contributed by atoms with E-state index >= 15 is 0 Å². The van der Waals surface area contributed by atoms with Crippen LogP contribution in [0.4, 0.5) is 5.82 Å². The topological polar surface area (TPSA) is 76.2 Å². The second-order valence-electron chi connectivity index (χ2n) is 3.68. The summed E-state index contributed by atoms with van der Waals surface area (Å²) in [7, 11) is 0. The Balaban J connectivity index is 2.55. The van der Waals surface area contributed by atoms with Gasteiger partial charge in [-0.2, -0.15) is 0 Å². The molecule has 1 heterocycles. The zero-order valence-corrected chi connectivity index (χ0v) is 7.95. The predicted octanol–water partition coefficient (Wildman–Crippen LogP) is 1.55. The number of carboxylic acid groups (broad SMARTS) is 1. The Morgan fingerprint density at radius 3 is 2.79 bits per heavy atom. The molecule has 0 unspecified atom stereocenters. The molecule has 3 N–H and O–H groups in total. The molecule has 1 aliphatic rings. The summed E-state index contributed by atoms with van der Waals surface area (Å²) in [4.78, 5) is 14.8. The molecule has 0 spiro atoms. The van der Waals surface area contributed by atoms with Crippen molar-refractivity contribution < 1.29 is 9.90 Å². The average Bonchev–Trinajstić information content (AvgIpc) is 2.86. The maximum absolute atomic E-state index is 10.9. The first-order valence-corrected chi connectivity index (χ1v) is 4.59. The van der Waals surface area contributed by atoms with Gasteiger partial charge in [-0.3, -0.25) is 0 Å². The number of aromatic nitrogens is 1. The molecular formula is C10H12N2O2. The lowest BCUT2D eigenvalue weighted by molar-refractivity contribution is 0.0697. The number of carboxylic acids is 1. The highest BCUT2D eigenvalue weighted by Crippen LogP contribution is 2.42. The molecule has 0 aliphatic heterocycles. The Kier molecular flexibility index (Phi) is 1.91. The summed E-state index contributed by atoms with van der Waals surface area (Å²) >= 11 is 0. The molecule has 0 aromatic carbocycles. The van der Waals surface area contributed by atoms with Crippen LogP contribution in [0.2, 0.25) is 0 Å². The van der Waals surface area contributed by atoms with E-state index in [1.165, 1.54) is 0 Å². The minimum Gasteiger partial charge on any atom is -0.478 e. The monoisotopic (exact) mass is 192 g/mol. The molecule has 0 bridgehead atoms. The summed E-state index contributed by atoms with van der Waals surface area (Å²) in [5.74, 6) is -0.379. The van der Waals surface area contributed by atoms with Crippen molar-refractivity contribution in [3.05, 3.63) is 22.9 Å². The van der Waals surface area contributed by atoms with E-state index in [0.29, 0.717) is 5.92 Å². The predicted molar refractivity (Wildman–Crippen MR) is 52.3 cm³/mol. The molecule has 1 fully saturated rings. The third-order valence-corrected chi connectivity index (χ3v) is 2.64. The normalized spacial score (nSPS) is 15.5. The van der Waals surface area contributed by atoms with E-state index in [4.69, 9.17) is 10.8 Å². The maximum atomic E-state index is 10.9. The van der Waals surface area contributed by atoms with Gasteiger partial charge < -0.3 is 10.8 Å². The zero-order valence-electron chi connectivity index (χ0n) is 7.95. The minimum absolute atomic E-state index is 0.111. The molecule has 2 rings (SSSR count). The molecule has 1 aromatic heterocycles. The van der Waals surface area contributed by atoms with Crippen molar-refractivity contribution in [2.45, 2.75) is 25.7 Å². The van der Waals surface area contributed by atoms with Crippen molar-refractivity contribution in [1.29, 1.82) is 0 Å². The van der Waals surface area contributed by atoms with Crippen LogP contribution in [0, 0.1) is 6.92 Å². The van der Waals surface area contributed by atoms with Crippen LogP contribution < -0.4 is 5.73 Å². The smallest absolute Gasteiger partial charge is 0.339 e. The van der Waals surface area contributed by atoms with E-state index in [2.05, 4.69) is 4.98 Å². The Labute approximate surface area is 81.8 Å². The highest BCUT2D eigenvalue weighted by Gasteiger charge is 2.28. The molecule has 14 heavy (non-hydrogen) atoms. The standard InChI is InChI=1S/C10H12N2O2/c1-5-7(6-2-3-6)4-12-9(11)8(5)10(13)14/h4,6H,2-3H2,1H3,(H2,11,12)(H,13,14). The summed E-state index contributed by atoms with van der Waals surface area (Å²) < 4.78 is 0. The molecule has 1 aromatic rings. The number of nitrogens with two attached hydrogens (primary N) is 1. The van der Waals surface area contributed by atoms with Crippen LogP contribution in [0.1, 0.15) is 40.2 Å². The Bertz CT molecular complexity index is 397. The summed E-state index contributed by atoms with van der Waals surface area (Å²) in [6.07, 6.45) is 3.96. The lowest BCUT2D eigenvalue weighted by Crippen LogP contribution is -2.09. The number of rotatable bonds is 2. The van der Waals surface area contributed by atoms with Crippen molar-refractivity contribution >= 4 is 11.8 Å². The second kappa shape index (κ2) is 2.97. The van der Waals surface area contributed by atoms with Gasteiger partial charge >= 0.3 is 5.97 Å². The third kappa shape index (κ3) is 1.32. The minimum atomic E-state index is -0.991. The lowest BCUT2D eigenvalue weighted by atomic mass is 10.0. The first kappa shape index (κ1) is 8.99. The first-order valence-electron chi connectivity index (χ1n) is 4.59. The Morgan fingerprint density at radius 1 is 1.64 bits per heavy atom. The molecule has 1 aliphatic carbocycles. The van der Waals surface area contributed by atoms with Crippen LogP contribution in [-0.2, 0) is 0 Å². The van der Waals surface area contributed by atoms with Crippen LogP contribution in [0.25, 0.3) is 0 Å². The fraction of sp³-hybridized carbons (Fsp3) is 0.400. The fourth-order valence-electron chi connectivity index (χ4n) is 1.71. The van der Waals surface area contributed by atoms with E-state index < -0.39 is 5.97 Å². The van der Waals surface area contributed by atoms with Crippen LogP contribution >= 0.6 is 0 Å². The molecule has 4 nitrogen and oxygen atoms in total. The number of anilines is 1. The van der Waals surface area contributed by atoms with Gasteiger partial charge in [0, 0.05) is 6.20 Å². The Hall–Kier alpha value is -1.58. The number of hydrogen-bond donors (Lipinski definition) is 2. The van der Waals surface area contributed by atoms with Gasteiger partial charge in [0.05, 0.1) is 0 Å². The molecule has 4 heteroatoms. The van der Waals surface area contributed by atoms with Gasteiger partial charge in [-0.1, -0.05) is 0 Å². The number of pyridine rings is 1. The fourth-order valence-corrected chi connectivity index (χ4v) is 1.71. The van der Waals surface area contributed by atoms with Crippen molar-refractivity contribution in [2.75, 3.05) is 5.73 Å². The van der Waals surface area contributed by atoms with Crippen molar-refractivity contribution in [1.82, 2.24) is 4.98 Å². The number of aromatic carboxylic acids is 1. The number of nitrogen functional groups attached to an aromatic ring is 1. The third-order valence-electron chi connectivity index (χ3n) is 2.64. The molecule has 74 valence electrons. The van der Waals surface area contributed by atoms with Gasteiger partial charge in [0.2, 0.25) is 0 Å². The lowest BCUT2D eigenvalue weighted by Gasteiger charge is -2.08. The number of carbonyl (C=O) groups is 1. The quantitative estimate of drug-likeness (QED) is 0.745. The van der Waals surface area contributed by atoms with E-state index in [1.54, 1.807) is 13.1 Å². The van der Waals surface area contributed by atoms with E-state index in [0.717, 1.165) is 24.0 Å². The van der Waals surface area contributed by atoms with E-state index in [-0.39, 0.29) is 11.4 Å². The SMILES string of the molecule is Cc1c(C2CC2)cnc(N)c1C(=O)O. The van der Waals surface area contributed by atoms with E-state index in [1.807, 2.05) is 0 Å². The van der Waals surface area contributed by atoms with Gasteiger partial charge in [-0.05, 0) is 36.8 Å². The molecule has 0 atom stereocenters. The Morgan fingerprint density at radius 2 is 2.29 bits per heavy atom. The first-order chi connectivity index (χ1) is 6.61. The van der Waals surface area contributed by atoms with Gasteiger partial charge in [0.1, 0.15) is 11.4 Å². The van der Waals surface area contributed by atoms with Crippen molar-refractivity contribution in [3.8, 4) is 0 Å². The summed E-state index contributed by atoms with van der Waals surface area (Å²) in [6, 6.07) is 0. The van der Waals surface area contributed by atoms with Gasteiger partial charge in [0.15, 0.2) is 0 Å². The number of hydrogen-bond acceptors (Lipinski definition) is 3.